The molecule has 12 heavy (non-hydrogen) atoms. The summed E-state index contributed by atoms with van der Waals surface area (Å²) in [6, 6.07) is 2.02. The van der Waals surface area contributed by atoms with E-state index < -0.39 is 0 Å². The van der Waals surface area contributed by atoms with Crippen LogP contribution >= 0.6 is 0 Å². The second kappa shape index (κ2) is 2.58. The Kier molecular flexibility index (Phi) is 1.45. The van der Waals surface area contributed by atoms with Crippen molar-refractivity contribution in [3.8, 4) is 6.07 Å². The smallest absolute Gasteiger partial charge is 0.164 e. The summed E-state index contributed by atoms with van der Waals surface area (Å²) in [5.74, 6) is 0. The molecule has 0 fully saturated rings. The van der Waals surface area contributed by atoms with Gasteiger partial charge < -0.3 is 4.57 Å². The van der Waals surface area contributed by atoms with Gasteiger partial charge in [-0.25, -0.2) is 15.0 Å². The molecule has 2 heterocycles. The average molecular weight is 159 g/mol. The lowest BCUT2D eigenvalue weighted by Gasteiger charge is -1.92. The molecule has 5 heteroatoms. The van der Waals surface area contributed by atoms with Crippen LogP contribution in [0.5, 0.6) is 0 Å². The minimum Gasteiger partial charge on any atom is -0.301 e. The van der Waals surface area contributed by atoms with E-state index in [-0.39, 0.29) is 6.54 Å². The number of hydrogen-bond acceptors (Lipinski definition) is 4. The Balaban J connectivity index is 2.64. The van der Waals surface area contributed by atoms with E-state index in [9.17, 15) is 0 Å². The van der Waals surface area contributed by atoms with Gasteiger partial charge in [-0.05, 0) is 0 Å². The van der Waals surface area contributed by atoms with Crippen LogP contribution in [0.4, 0.5) is 0 Å². The van der Waals surface area contributed by atoms with E-state index in [1.54, 1.807) is 17.1 Å². The first-order chi connectivity index (χ1) is 5.92. The van der Waals surface area contributed by atoms with Crippen LogP contribution < -0.4 is 0 Å². The third kappa shape index (κ3) is 0.900. The molecule has 5 nitrogen and oxygen atoms in total. The number of hydrogen-bond donors (Lipinski definition) is 0. The highest BCUT2D eigenvalue weighted by atomic mass is 15.1. The molecule has 0 spiro atoms. The molecule has 0 aliphatic carbocycles. The SMILES string of the molecule is N#CCn1cnc2cncnc21. The van der Waals surface area contributed by atoms with E-state index in [1.165, 1.54) is 6.33 Å². The van der Waals surface area contributed by atoms with Crippen molar-refractivity contribution in [2.24, 2.45) is 0 Å². The highest BCUT2D eigenvalue weighted by Gasteiger charge is 2.00. The molecule has 2 aromatic heterocycles. The van der Waals surface area contributed by atoms with Crippen molar-refractivity contribution in [1.29, 1.82) is 5.26 Å². The topological polar surface area (TPSA) is 67.4 Å². The highest BCUT2D eigenvalue weighted by molar-refractivity contribution is 5.68. The van der Waals surface area contributed by atoms with Crippen LogP contribution in [0, 0.1) is 11.3 Å². The summed E-state index contributed by atoms with van der Waals surface area (Å²) in [7, 11) is 0. The fourth-order valence-corrected chi connectivity index (χ4v) is 1.01. The molecule has 0 saturated carbocycles. The van der Waals surface area contributed by atoms with E-state index in [1.807, 2.05) is 6.07 Å². The Morgan fingerprint density at radius 1 is 1.50 bits per heavy atom. The molecule has 0 atom stereocenters. The number of aromatic nitrogens is 4. The largest absolute Gasteiger partial charge is 0.301 e. The molecular weight excluding hydrogens is 154 g/mol. The van der Waals surface area contributed by atoms with Gasteiger partial charge in [0.1, 0.15) is 18.4 Å². The number of imidazole rings is 1. The lowest BCUT2D eigenvalue weighted by molar-refractivity contribution is 0.846. The van der Waals surface area contributed by atoms with E-state index in [4.69, 9.17) is 5.26 Å². The lowest BCUT2D eigenvalue weighted by atomic mass is 10.5. The van der Waals surface area contributed by atoms with Crippen LogP contribution in [0.2, 0.25) is 0 Å². The summed E-state index contributed by atoms with van der Waals surface area (Å²) in [5.41, 5.74) is 1.42. The van der Waals surface area contributed by atoms with E-state index in [2.05, 4.69) is 15.0 Å². The predicted octanol–water partition coefficient (Wildman–Crippen LogP) is 0.350. The number of fused-ring (bicyclic) bond motifs is 1. The van der Waals surface area contributed by atoms with Gasteiger partial charge in [-0.2, -0.15) is 5.26 Å². The van der Waals surface area contributed by atoms with Crippen LogP contribution in [0.25, 0.3) is 11.2 Å². The Labute approximate surface area is 68.3 Å². The minimum absolute atomic E-state index is 0.271. The zero-order chi connectivity index (χ0) is 8.39. The van der Waals surface area contributed by atoms with Crippen LogP contribution in [-0.2, 0) is 6.54 Å². The van der Waals surface area contributed by atoms with Crippen LogP contribution in [0.1, 0.15) is 0 Å². The van der Waals surface area contributed by atoms with Crippen LogP contribution in [0.3, 0.4) is 0 Å². The number of nitrogens with zero attached hydrogens (tertiary/aromatic N) is 5. The maximum Gasteiger partial charge on any atom is 0.164 e. The lowest BCUT2D eigenvalue weighted by Crippen LogP contribution is -1.94. The zero-order valence-electron chi connectivity index (χ0n) is 6.18. The first kappa shape index (κ1) is 6.73. The van der Waals surface area contributed by atoms with Crippen molar-refractivity contribution < 1.29 is 0 Å². The second-order valence-corrected chi connectivity index (χ2v) is 2.26. The maximum absolute atomic E-state index is 8.46. The van der Waals surface area contributed by atoms with Gasteiger partial charge in [0.2, 0.25) is 0 Å². The third-order valence-electron chi connectivity index (χ3n) is 1.52. The summed E-state index contributed by atoms with van der Waals surface area (Å²) < 4.78 is 1.68. The summed E-state index contributed by atoms with van der Waals surface area (Å²) >= 11 is 0. The summed E-state index contributed by atoms with van der Waals surface area (Å²) in [6.45, 7) is 0.271. The van der Waals surface area contributed by atoms with Gasteiger partial charge in [0.25, 0.3) is 0 Å². The van der Waals surface area contributed by atoms with Gasteiger partial charge in [-0.1, -0.05) is 0 Å². The molecule has 58 valence electrons. The predicted molar refractivity (Wildman–Crippen MR) is 40.9 cm³/mol. The third-order valence-corrected chi connectivity index (χ3v) is 1.52. The Morgan fingerprint density at radius 3 is 3.25 bits per heavy atom. The molecule has 2 rings (SSSR count). The zero-order valence-corrected chi connectivity index (χ0v) is 6.18. The van der Waals surface area contributed by atoms with Gasteiger partial charge in [-0.15, -0.1) is 0 Å². The van der Waals surface area contributed by atoms with Crippen molar-refractivity contribution in [2.75, 3.05) is 0 Å². The van der Waals surface area contributed by atoms with Crippen LogP contribution in [0.15, 0.2) is 18.9 Å². The average Bonchev–Trinajstić information content (AvgIpc) is 2.50. The Morgan fingerprint density at radius 2 is 2.42 bits per heavy atom. The molecule has 0 aliphatic heterocycles. The molecule has 0 N–H and O–H groups in total. The standard InChI is InChI=1S/C7H5N5/c8-1-2-12-5-11-6-3-9-4-10-7(6)12/h3-5H,2H2. The first-order valence-corrected chi connectivity index (χ1v) is 3.39. The summed E-state index contributed by atoms with van der Waals surface area (Å²) in [4.78, 5) is 11.8. The normalized spacial score (nSPS) is 9.92. The van der Waals surface area contributed by atoms with Gasteiger partial charge in [0.05, 0.1) is 18.6 Å². The molecule has 0 saturated heterocycles. The fourth-order valence-electron chi connectivity index (χ4n) is 1.01. The Bertz CT molecular complexity index is 438. The molecule has 0 aromatic carbocycles. The Hall–Kier alpha value is -1.96. The van der Waals surface area contributed by atoms with Crippen molar-refractivity contribution in [3.63, 3.8) is 0 Å². The monoisotopic (exact) mass is 159 g/mol. The quantitative estimate of drug-likeness (QED) is 0.602. The maximum atomic E-state index is 8.46. The molecule has 0 bridgehead atoms. The van der Waals surface area contributed by atoms with E-state index in [0.717, 1.165) is 0 Å². The minimum atomic E-state index is 0.271. The number of rotatable bonds is 1. The van der Waals surface area contributed by atoms with E-state index in [0.29, 0.717) is 11.2 Å². The van der Waals surface area contributed by atoms with Crippen molar-refractivity contribution >= 4 is 11.2 Å². The molecule has 0 unspecified atom stereocenters. The second-order valence-electron chi connectivity index (χ2n) is 2.26. The van der Waals surface area contributed by atoms with Gasteiger partial charge in [0.15, 0.2) is 5.65 Å². The summed E-state index contributed by atoms with van der Waals surface area (Å²) in [5, 5.41) is 8.46. The van der Waals surface area contributed by atoms with Gasteiger partial charge >= 0.3 is 0 Å². The van der Waals surface area contributed by atoms with Gasteiger partial charge in [0, 0.05) is 0 Å². The molecular formula is C7H5N5. The first-order valence-electron chi connectivity index (χ1n) is 3.39. The highest BCUT2D eigenvalue weighted by Crippen LogP contribution is 2.05. The van der Waals surface area contributed by atoms with Crippen molar-refractivity contribution in [3.05, 3.63) is 18.9 Å². The van der Waals surface area contributed by atoms with E-state index >= 15 is 0 Å². The molecule has 0 radical (unpaired) electrons. The van der Waals surface area contributed by atoms with Gasteiger partial charge in [-0.3, -0.25) is 0 Å². The molecule has 0 aliphatic rings. The number of nitriles is 1. The fraction of sp³-hybridized carbons (Fsp3) is 0.143. The van der Waals surface area contributed by atoms with Crippen LogP contribution in [-0.4, -0.2) is 19.5 Å². The molecule has 0 amide bonds. The molecule has 2 aromatic rings. The van der Waals surface area contributed by atoms with Crippen molar-refractivity contribution in [1.82, 2.24) is 19.5 Å². The van der Waals surface area contributed by atoms with Crippen molar-refractivity contribution in [2.45, 2.75) is 6.54 Å². The summed E-state index contributed by atoms with van der Waals surface area (Å²) in [6.07, 6.45) is 4.65.